The Morgan fingerprint density at radius 1 is 0.933 bits per heavy atom. The van der Waals surface area contributed by atoms with Gasteiger partial charge in [-0.25, -0.2) is 13.6 Å². The number of pyridine rings is 1. The highest BCUT2D eigenvalue weighted by atomic mass is 32.2. The van der Waals surface area contributed by atoms with Gasteiger partial charge in [-0.3, -0.25) is 19.9 Å². The smallest absolute Gasteiger partial charge is 0.489 e. The molecule has 4 rings (SSSR count). The van der Waals surface area contributed by atoms with Crippen LogP contribution in [-0.2, 0) is 16.2 Å². The highest BCUT2D eigenvalue weighted by Crippen LogP contribution is 2.33. The first-order chi connectivity index (χ1) is 21.3. The maximum Gasteiger partial charge on any atom is 0.490 e. The SMILES string of the molecule is CSc1cc(F)c(F)cc1-c1ccc(OCc2cccc(C(=O)C(NCC(=O)O)c3ccccn3)c2)cc1.O=C(O)C(F)(F)F. The van der Waals surface area contributed by atoms with Gasteiger partial charge in [-0.2, -0.15) is 13.2 Å². The van der Waals surface area contributed by atoms with Gasteiger partial charge < -0.3 is 14.9 Å². The van der Waals surface area contributed by atoms with Crippen LogP contribution < -0.4 is 10.1 Å². The fourth-order valence-corrected chi connectivity index (χ4v) is 4.49. The first-order valence-electron chi connectivity index (χ1n) is 12.9. The Morgan fingerprint density at radius 2 is 1.60 bits per heavy atom. The van der Waals surface area contributed by atoms with Gasteiger partial charge in [0, 0.05) is 16.7 Å². The molecule has 0 saturated heterocycles. The lowest BCUT2D eigenvalue weighted by atomic mass is 9.99. The lowest BCUT2D eigenvalue weighted by Gasteiger charge is -2.17. The molecule has 0 fully saturated rings. The van der Waals surface area contributed by atoms with E-state index < -0.39 is 42.3 Å². The number of carbonyl (C=O) groups excluding carboxylic acids is 1. The van der Waals surface area contributed by atoms with Crippen molar-refractivity contribution in [2.45, 2.75) is 23.7 Å². The number of ketones is 1. The van der Waals surface area contributed by atoms with Crippen molar-refractivity contribution in [1.82, 2.24) is 10.3 Å². The molecule has 4 aromatic rings. The van der Waals surface area contributed by atoms with Gasteiger partial charge >= 0.3 is 18.1 Å². The molecule has 0 spiro atoms. The Bertz CT molecular complexity index is 1640. The Balaban J connectivity index is 0.000000707. The summed E-state index contributed by atoms with van der Waals surface area (Å²) in [4.78, 5) is 38.1. The summed E-state index contributed by atoms with van der Waals surface area (Å²) in [5.41, 5.74) is 2.86. The lowest BCUT2D eigenvalue weighted by Crippen LogP contribution is -2.33. The first-order valence-corrected chi connectivity index (χ1v) is 14.1. The van der Waals surface area contributed by atoms with E-state index in [1.165, 1.54) is 23.9 Å². The number of nitrogens with one attached hydrogen (secondary N) is 1. The summed E-state index contributed by atoms with van der Waals surface area (Å²) >= 11 is 1.33. The molecule has 14 heteroatoms. The molecule has 0 saturated carbocycles. The number of nitrogens with zero attached hydrogens (tertiary/aromatic N) is 1. The van der Waals surface area contributed by atoms with Gasteiger partial charge in [-0.15, -0.1) is 11.8 Å². The number of Topliss-reactive ketones (excluding diaryl/α,β-unsaturated/α-hetero) is 1. The predicted octanol–water partition coefficient (Wildman–Crippen LogP) is 6.56. The number of benzene rings is 3. The number of rotatable bonds is 11. The number of thioether (sulfide) groups is 1. The Labute approximate surface area is 257 Å². The van der Waals surface area contributed by atoms with Crippen molar-refractivity contribution in [3.8, 4) is 16.9 Å². The van der Waals surface area contributed by atoms with Crippen LogP contribution in [0.25, 0.3) is 11.1 Å². The summed E-state index contributed by atoms with van der Waals surface area (Å²) in [6.45, 7) is -0.215. The zero-order valence-corrected chi connectivity index (χ0v) is 24.2. The molecule has 0 amide bonds. The minimum Gasteiger partial charge on any atom is -0.489 e. The van der Waals surface area contributed by atoms with Crippen molar-refractivity contribution in [1.29, 1.82) is 0 Å². The number of ether oxygens (including phenoxy) is 1. The van der Waals surface area contributed by atoms with Crippen LogP contribution in [0.5, 0.6) is 5.75 Å². The van der Waals surface area contributed by atoms with Crippen LogP contribution >= 0.6 is 11.8 Å². The Kier molecular flexibility index (Phi) is 12.1. The monoisotopic (exact) mass is 648 g/mol. The highest BCUT2D eigenvalue weighted by Gasteiger charge is 2.38. The summed E-state index contributed by atoms with van der Waals surface area (Å²) in [6.07, 6.45) is -1.74. The second-order valence-electron chi connectivity index (χ2n) is 9.11. The van der Waals surface area contributed by atoms with Gasteiger partial charge in [0.25, 0.3) is 0 Å². The maximum atomic E-state index is 13.8. The largest absolute Gasteiger partial charge is 0.490 e. The molecule has 3 N–H and O–H groups in total. The Hall–Kier alpha value is -4.82. The van der Waals surface area contributed by atoms with Crippen LogP contribution in [0, 0.1) is 11.6 Å². The maximum absolute atomic E-state index is 13.8. The molecule has 3 aromatic carbocycles. The minimum atomic E-state index is -5.08. The van der Waals surface area contributed by atoms with Crippen molar-refractivity contribution < 1.29 is 51.3 Å². The molecule has 0 aliphatic heterocycles. The van der Waals surface area contributed by atoms with Crippen molar-refractivity contribution in [3.05, 3.63) is 114 Å². The molecule has 0 aliphatic rings. The van der Waals surface area contributed by atoms with Crippen LogP contribution in [-0.4, -0.2) is 51.9 Å². The van der Waals surface area contributed by atoms with E-state index in [-0.39, 0.29) is 12.4 Å². The number of carboxylic acids is 2. The fraction of sp³-hybridized carbons (Fsp3) is 0.161. The van der Waals surface area contributed by atoms with Gasteiger partial charge in [-0.1, -0.05) is 36.4 Å². The van der Waals surface area contributed by atoms with Crippen LogP contribution in [0.3, 0.4) is 0 Å². The fourth-order valence-electron chi connectivity index (χ4n) is 3.87. The molecule has 1 atom stereocenters. The number of aromatic nitrogens is 1. The van der Waals surface area contributed by atoms with Crippen molar-refractivity contribution in [2.75, 3.05) is 12.8 Å². The van der Waals surface area contributed by atoms with E-state index in [9.17, 15) is 31.5 Å². The zero-order valence-electron chi connectivity index (χ0n) is 23.3. The normalized spacial score (nSPS) is 11.6. The number of carboxylic acid groups (broad SMARTS) is 2. The predicted molar refractivity (Wildman–Crippen MR) is 155 cm³/mol. The van der Waals surface area contributed by atoms with Gasteiger partial charge in [0.05, 0.1) is 12.2 Å². The third kappa shape index (κ3) is 10.1. The van der Waals surface area contributed by atoms with Crippen molar-refractivity contribution in [3.63, 3.8) is 0 Å². The number of halogens is 5. The second-order valence-corrected chi connectivity index (χ2v) is 9.96. The summed E-state index contributed by atoms with van der Waals surface area (Å²) in [6, 6.07) is 20.5. The zero-order chi connectivity index (χ0) is 33.1. The number of hydrogen-bond acceptors (Lipinski definition) is 7. The van der Waals surface area contributed by atoms with Gasteiger partial charge in [0.2, 0.25) is 0 Å². The molecule has 0 bridgehead atoms. The third-order valence-electron chi connectivity index (χ3n) is 5.97. The first kappa shape index (κ1) is 34.7. The summed E-state index contributed by atoms with van der Waals surface area (Å²) in [7, 11) is 0. The van der Waals surface area contributed by atoms with E-state index >= 15 is 0 Å². The Morgan fingerprint density at radius 3 is 2.18 bits per heavy atom. The molecular weight excluding hydrogens is 623 g/mol. The van der Waals surface area contributed by atoms with Crippen LogP contribution in [0.15, 0.2) is 90.0 Å². The number of hydrogen-bond donors (Lipinski definition) is 3. The molecule has 236 valence electrons. The second kappa shape index (κ2) is 15.8. The lowest BCUT2D eigenvalue weighted by molar-refractivity contribution is -0.192. The molecule has 0 radical (unpaired) electrons. The number of alkyl halides is 3. The van der Waals surface area contributed by atoms with E-state index in [1.807, 2.05) is 6.07 Å². The average molecular weight is 649 g/mol. The third-order valence-corrected chi connectivity index (χ3v) is 6.75. The average Bonchev–Trinajstić information content (AvgIpc) is 3.02. The van der Waals surface area contributed by atoms with E-state index in [0.29, 0.717) is 27.5 Å². The molecule has 1 heterocycles. The summed E-state index contributed by atoms with van der Waals surface area (Å²) in [5, 5.41) is 19.0. The van der Waals surface area contributed by atoms with E-state index in [1.54, 1.807) is 73.1 Å². The topological polar surface area (TPSA) is 126 Å². The van der Waals surface area contributed by atoms with Gasteiger partial charge in [0.1, 0.15) is 18.4 Å². The summed E-state index contributed by atoms with van der Waals surface area (Å²) < 4.78 is 65.0. The number of carbonyl (C=O) groups is 3. The molecule has 1 unspecified atom stereocenters. The molecule has 45 heavy (non-hydrogen) atoms. The summed E-state index contributed by atoms with van der Waals surface area (Å²) in [5.74, 6) is -5.38. The van der Waals surface area contributed by atoms with Crippen LogP contribution in [0.2, 0.25) is 0 Å². The van der Waals surface area contributed by atoms with E-state index in [2.05, 4.69) is 10.3 Å². The molecule has 1 aromatic heterocycles. The van der Waals surface area contributed by atoms with Gasteiger partial charge in [0.15, 0.2) is 17.4 Å². The molecule has 0 aliphatic carbocycles. The quantitative estimate of drug-likeness (QED) is 0.0942. The van der Waals surface area contributed by atoms with Crippen LogP contribution in [0.1, 0.15) is 27.7 Å². The van der Waals surface area contributed by atoms with Crippen LogP contribution in [0.4, 0.5) is 22.0 Å². The van der Waals surface area contributed by atoms with E-state index in [0.717, 1.165) is 11.1 Å². The molecular formula is C31H25F5N2O6S. The highest BCUT2D eigenvalue weighted by molar-refractivity contribution is 7.98. The minimum absolute atomic E-state index is 0.179. The molecule has 8 nitrogen and oxygen atoms in total. The van der Waals surface area contributed by atoms with Crippen molar-refractivity contribution >= 4 is 29.5 Å². The standard InChI is InChI=1S/C29H24F2N2O4S.C2HF3O2/c1-38-26-15-24(31)23(30)14-22(26)19-8-10-21(11-9-19)37-17-18-5-4-6-20(13-18)29(36)28(33-16-27(34)35)25-7-2-3-12-32-25;3-2(4,5)1(6)7/h2-15,28,33H,16-17H2,1H3,(H,34,35);(H,6,7). The van der Waals surface area contributed by atoms with Crippen molar-refractivity contribution in [2.24, 2.45) is 0 Å². The van der Waals surface area contributed by atoms with Gasteiger partial charge in [-0.05, 0) is 65.4 Å². The van der Waals surface area contributed by atoms with E-state index in [4.69, 9.17) is 19.7 Å². The number of aliphatic carboxylic acids is 2.